The molecule has 0 aliphatic heterocycles. The summed E-state index contributed by atoms with van der Waals surface area (Å²) in [5.74, 6) is 2.86. The number of hydrogen-bond acceptors (Lipinski definition) is 3. The fourth-order valence-electron chi connectivity index (χ4n) is 9.70. The van der Waals surface area contributed by atoms with Crippen molar-refractivity contribution in [2.75, 3.05) is 6.61 Å². The van der Waals surface area contributed by atoms with Gasteiger partial charge in [-0.1, -0.05) is 62.8 Å². The number of hydrogen-bond donors (Lipinski definition) is 0. The fourth-order valence-corrected chi connectivity index (χ4v) is 9.70. The van der Waals surface area contributed by atoms with E-state index in [-0.39, 0.29) is 24.5 Å². The van der Waals surface area contributed by atoms with E-state index in [1.165, 1.54) is 42.0 Å². The van der Waals surface area contributed by atoms with Gasteiger partial charge in [0.1, 0.15) is 5.82 Å². The molecular weight excluding hydrogens is 535 g/mol. The predicted octanol–water partition coefficient (Wildman–Crippen LogP) is 9.51. The van der Waals surface area contributed by atoms with Gasteiger partial charge in [0.2, 0.25) is 0 Å². The molecule has 5 aliphatic carbocycles. The Kier molecular flexibility index (Phi) is 8.68. The van der Waals surface area contributed by atoms with Crippen molar-refractivity contribution in [1.29, 1.82) is 0 Å². The molecule has 2 saturated carbocycles. The van der Waals surface area contributed by atoms with Crippen LogP contribution in [0.3, 0.4) is 0 Å². The summed E-state index contributed by atoms with van der Waals surface area (Å²) in [6.45, 7) is 9.30. The van der Waals surface area contributed by atoms with Crippen LogP contribution in [0.2, 0.25) is 0 Å². The van der Waals surface area contributed by atoms with Crippen LogP contribution in [0, 0.1) is 59.1 Å². The maximum atomic E-state index is 13.9. The first-order chi connectivity index (χ1) is 20.8. The van der Waals surface area contributed by atoms with Crippen LogP contribution in [0.15, 0.2) is 65.3 Å². The molecule has 4 heteroatoms. The molecule has 1 unspecified atom stereocenters. The number of benzene rings is 1. The summed E-state index contributed by atoms with van der Waals surface area (Å²) in [7, 11) is 0. The molecule has 1 aromatic rings. The van der Waals surface area contributed by atoms with E-state index < -0.39 is 0 Å². The summed E-state index contributed by atoms with van der Waals surface area (Å²) in [4.78, 5) is 25.6. The van der Waals surface area contributed by atoms with E-state index in [1.807, 2.05) is 13.0 Å². The van der Waals surface area contributed by atoms with Gasteiger partial charge in [0, 0.05) is 25.8 Å². The third-order valence-corrected chi connectivity index (χ3v) is 11.9. The van der Waals surface area contributed by atoms with Gasteiger partial charge in [0.15, 0.2) is 5.78 Å². The van der Waals surface area contributed by atoms with E-state index in [9.17, 15) is 14.0 Å². The van der Waals surface area contributed by atoms with E-state index in [0.717, 1.165) is 43.2 Å². The Morgan fingerprint density at radius 1 is 1.19 bits per heavy atom. The van der Waals surface area contributed by atoms with Crippen LogP contribution in [0.5, 0.6) is 0 Å². The monoisotopic (exact) mass is 585 g/mol. The van der Waals surface area contributed by atoms with Crippen molar-refractivity contribution in [3.05, 3.63) is 83.1 Å². The van der Waals surface area contributed by atoms with Crippen molar-refractivity contribution >= 4 is 17.3 Å². The van der Waals surface area contributed by atoms with Crippen LogP contribution in [0.4, 0.5) is 4.39 Å². The number of carbonyl (C=O) groups excluding carboxylic acids is 2. The minimum Gasteiger partial charge on any atom is -0.466 e. The highest BCUT2D eigenvalue weighted by molar-refractivity contribution is 6.08. The number of allylic oxidation sites excluding steroid dienone is 8. The number of ketones is 1. The minimum absolute atomic E-state index is 0. The molecule has 0 heterocycles. The maximum Gasteiger partial charge on any atom is 0.305 e. The van der Waals surface area contributed by atoms with Gasteiger partial charge in [0.05, 0.1) is 6.61 Å². The van der Waals surface area contributed by atoms with Crippen LogP contribution in [0.25, 0.3) is 5.57 Å². The van der Waals surface area contributed by atoms with Gasteiger partial charge in [-0.2, -0.15) is 0 Å². The first kappa shape index (κ1) is 30.3. The maximum absolute atomic E-state index is 13.9. The van der Waals surface area contributed by atoms with Crippen LogP contribution in [0.1, 0.15) is 92.5 Å². The Morgan fingerprint density at radius 2 is 2.02 bits per heavy atom. The number of halogens is 1. The molecule has 0 saturated heterocycles. The lowest BCUT2D eigenvalue weighted by atomic mass is 9.44. The zero-order chi connectivity index (χ0) is 30.3. The van der Waals surface area contributed by atoms with Crippen LogP contribution in [-0.4, -0.2) is 18.4 Å². The average Bonchev–Trinajstić information content (AvgIpc) is 3.80. The van der Waals surface area contributed by atoms with Gasteiger partial charge >= 0.3 is 5.97 Å². The highest BCUT2D eigenvalue weighted by Gasteiger charge is 2.60. The van der Waals surface area contributed by atoms with Crippen molar-refractivity contribution in [3.8, 4) is 0 Å². The SMILES string of the molecule is CCOC(=O)CCC[C@H]1CC[C@@]2(CC)[C@H](C1)C[C@@H]1C(=O)C3=C([CH]3)[C@H](C)[C@@H]1[C@@H]2/C=C/C1=CC=C(c2cccc(F)c2)C(C)C1.[HH]. The van der Waals surface area contributed by atoms with Crippen LogP contribution >= 0.6 is 0 Å². The number of Topliss-reactive ketones (excluding diaryl/α,β-unsaturated/α-hetero) is 1. The molecule has 6 rings (SSSR count). The molecule has 1 aromatic carbocycles. The molecule has 3 nitrogen and oxygen atoms in total. The number of carbonyl (C=O) groups is 2. The standard InChI is InChI=1S/C39H48FO3.H2/c1-5-39-18-17-26(9-7-12-36(41)43-6-2)20-29(39)22-34-37(25(4)32-23-33(32)38(34)42)35(39)16-14-27-13-15-31(24(3)19-27)28-10-8-11-30(40)21-28;/h8,10-11,13-16,21,23-26,29,34-35,37H,5-7,9,12,17-20,22H2,1-4H3;1H/b16-14+;/t24?,25-,26-,29+,34-,35-,37-,39-;/m0./s1. The summed E-state index contributed by atoms with van der Waals surface area (Å²) in [5, 5.41) is 0. The van der Waals surface area contributed by atoms with E-state index in [1.54, 1.807) is 12.1 Å². The summed E-state index contributed by atoms with van der Waals surface area (Å²) < 4.78 is 19.1. The minimum atomic E-state index is -0.192. The molecular formula is C39H50FO3. The molecule has 43 heavy (non-hydrogen) atoms. The molecule has 0 amide bonds. The van der Waals surface area contributed by atoms with Crippen molar-refractivity contribution in [3.63, 3.8) is 0 Å². The molecule has 1 radical (unpaired) electrons. The molecule has 0 N–H and O–H groups in total. The van der Waals surface area contributed by atoms with E-state index in [0.29, 0.717) is 54.3 Å². The molecule has 0 spiro atoms. The zero-order valence-corrected chi connectivity index (χ0v) is 26.4. The third kappa shape index (κ3) is 5.76. The number of fused-ring (bicyclic) bond motifs is 2. The van der Waals surface area contributed by atoms with E-state index in [4.69, 9.17) is 4.74 Å². The first-order valence-electron chi connectivity index (χ1n) is 16.9. The second kappa shape index (κ2) is 12.3. The van der Waals surface area contributed by atoms with Gasteiger partial charge < -0.3 is 4.74 Å². The fraction of sp³-hybridized carbons (Fsp3) is 0.564. The second-order valence-corrected chi connectivity index (χ2v) is 14.1. The van der Waals surface area contributed by atoms with Crippen molar-refractivity contribution in [2.24, 2.45) is 46.8 Å². The number of esters is 1. The Bertz CT molecular complexity index is 1390. The summed E-state index contributed by atoms with van der Waals surface area (Å²) in [5.41, 5.74) is 6.03. The van der Waals surface area contributed by atoms with Crippen molar-refractivity contribution in [2.45, 2.75) is 85.5 Å². The highest BCUT2D eigenvalue weighted by atomic mass is 19.1. The Labute approximate surface area is 259 Å². The van der Waals surface area contributed by atoms with Gasteiger partial charge in [-0.3, -0.25) is 9.59 Å². The topological polar surface area (TPSA) is 43.4 Å². The molecule has 8 atom stereocenters. The highest BCUT2D eigenvalue weighted by Crippen LogP contribution is 2.66. The van der Waals surface area contributed by atoms with Crippen molar-refractivity contribution < 1.29 is 20.1 Å². The lowest BCUT2D eigenvalue weighted by molar-refractivity contribution is -0.143. The van der Waals surface area contributed by atoms with Crippen LogP contribution in [-0.2, 0) is 14.3 Å². The van der Waals surface area contributed by atoms with Crippen LogP contribution < -0.4 is 0 Å². The largest absolute Gasteiger partial charge is 0.466 e. The zero-order valence-electron chi connectivity index (χ0n) is 26.4. The van der Waals surface area contributed by atoms with Gasteiger partial charge in [0.25, 0.3) is 0 Å². The predicted molar refractivity (Wildman–Crippen MR) is 172 cm³/mol. The number of rotatable bonds is 9. The summed E-state index contributed by atoms with van der Waals surface area (Å²) in [6, 6.07) is 6.93. The normalized spacial score (nSPS) is 35.1. The quantitative estimate of drug-likeness (QED) is 0.271. The summed E-state index contributed by atoms with van der Waals surface area (Å²) in [6.07, 6.45) is 20.6. The first-order valence-corrected chi connectivity index (χ1v) is 16.9. The van der Waals surface area contributed by atoms with Gasteiger partial charge in [-0.15, -0.1) is 0 Å². The Morgan fingerprint density at radius 3 is 2.77 bits per heavy atom. The van der Waals surface area contributed by atoms with Crippen molar-refractivity contribution in [1.82, 2.24) is 0 Å². The molecule has 0 aromatic heterocycles. The number of ether oxygens (including phenoxy) is 1. The second-order valence-electron chi connectivity index (χ2n) is 14.1. The van der Waals surface area contributed by atoms with Gasteiger partial charge in [-0.05, 0) is 128 Å². The third-order valence-electron chi connectivity index (χ3n) is 11.9. The molecule has 0 bridgehead atoms. The Balaban J connectivity index is 0.00000384. The Hall–Kier alpha value is -2.75. The molecule has 2 fully saturated rings. The lowest BCUT2D eigenvalue weighted by Gasteiger charge is -2.59. The average molecular weight is 586 g/mol. The molecule has 5 aliphatic rings. The molecule has 231 valence electrons. The smallest absolute Gasteiger partial charge is 0.305 e. The van der Waals surface area contributed by atoms with Gasteiger partial charge in [-0.25, -0.2) is 4.39 Å². The van der Waals surface area contributed by atoms with E-state index >= 15 is 0 Å². The van der Waals surface area contributed by atoms with E-state index in [2.05, 4.69) is 51.5 Å². The lowest BCUT2D eigenvalue weighted by Crippen LogP contribution is -2.54. The summed E-state index contributed by atoms with van der Waals surface area (Å²) >= 11 is 0.